The molecule has 1 N–H and O–H groups in total. The van der Waals surface area contributed by atoms with Crippen LogP contribution in [0.1, 0.15) is 62.4 Å². The predicted octanol–water partition coefficient (Wildman–Crippen LogP) is 9.95. The second-order valence-electron chi connectivity index (χ2n) is 14.8. The first-order valence-electron chi connectivity index (χ1n) is 19.8. The number of piperidine rings is 1. The summed E-state index contributed by atoms with van der Waals surface area (Å²) in [5, 5.41) is 3.03. The first-order chi connectivity index (χ1) is 27.8. The van der Waals surface area contributed by atoms with Gasteiger partial charge < -0.3 is 24.6 Å². The Balaban J connectivity index is 0.849. The van der Waals surface area contributed by atoms with E-state index in [1.165, 1.54) is 5.56 Å². The van der Waals surface area contributed by atoms with Gasteiger partial charge in [0.15, 0.2) is 0 Å². The van der Waals surface area contributed by atoms with Gasteiger partial charge in [0.05, 0.1) is 23.3 Å². The maximum Gasteiger partial charge on any atom is 0.255 e. The number of benzene rings is 5. The molecule has 0 saturated carbocycles. The second kappa shape index (κ2) is 18.5. The van der Waals surface area contributed by atoms with Crippen molar-refractivity contribution in [1.82, 2.24) is 9.88 Å². The second-order valence-corrected chi connectivity index (χ2v) is 14.8. The Kier molecular flexibility index (Phi) is 12.6. The number of nitrogens with one attached hydrogen (secondary N) is 1. The van der Waals surface area contributed by atoms with Gasteiger partial charge in [-0.2, -0.15) is 0 Å². The number of carbonyl (C=O) groups is 2. The molecule has 0 bridgehead atoms. The van der Waals surface area contributed by atoms with E-state index in [0.29, 0.717) is 30.9 Å². The van der Waals surface area contributed by atoms with Crippen LogP contribution in [0.25, 0.3) is 11.1 Å². The first kappa shape index (κ1) is 38.8. The minimum absolute atomic E-state index is 0.0825. The van der Waals surface area contributed by atoms with E-state index in [0.717, 1.165) is 82.9 Å². The Bertz CT molecular complexity index is 2230. The Labute approximate surface area is 336 Å². The first-order valence-corrected chi connectivity index (χ1v) is 19.8. The third kappa shape index (κ3) is 10.5. The lowest BCUT2D eigenvalue weighted by atomic mass is 10.0. The van der Waals surface area contributed by atoms with Gasteiger partial charge in [0, 0.05) is 50.7 Å². The molecule has 8 heteroatoms. The number of aryl methyl sites for hydroxylation is 3. The lowest BCUT2D eigenvalue weighted by Gasteiger charge is -2.32. The summed E-state index contributed by atoms with van der Waals surface area (Å²) in [5.41, 5.74) is 9.47. The van der Waals surface area contributed by atoms with Crippen molar-refractivity contribution >= 4 is 23.2 Å². The fraction of sp³-hybridized carbons (Fsp3) is 0.245. The number of aromatic nitrogens is 1. The maximum atomic E-state index is 13.2. The lowest BCUT2D eigenvalue weighted by molar-refractivity contribution is 0.0595. The van der Waals surface area contributed by atoms with Crippen LogP contribution >= 0.6 is 0 Å². The molecule has 0 spiro atoms. The zero-order valence-corrected chi connectivity index (χ0v) is 33.0. The number of hydrogen-bond acceptors (Lipinski definition) is 6. The third-order valence-corrected chi connectivity index (χ3v) is 10.5. The molecule has 1 aliphatic rings. The Morgan fingerprint density at radius 3 is 2.07 bits per heavy atom. The highest BCUT2D eigenvalue weighted by Crippen LogP contribution is 2.26. The Morgan fingerprint density at radius 2 is 1.39 bits per heavy atom. The Morgan fingerprint density at radius 1 is 0.754 bits per heavy atom. The molecule has 8 nitrogen and oxygen atoms in total. The van der Waals surface area contributed by atoms with E-state index in [4.69, 9.17) is 9.47 Å². The smallest absolute Gasteiger partial charge is 0.255 e. The normalized spacial score (nSPS) is 12.9. The quantitative estimate of drug-likeness (QED) is 0.119. The van der Waals surface area contributed by atoms with Gasteiger partial charge in [0.2, 0.25) is 0 Å². The molecule has 0 unspecified atom stereocenters. The molecule has 0 aliphatic carbocycles. The van der Waals surface area contributed by atoms with E-state index >= 15 is 0 Å². The van der Waals surface area contributed by atoms with Crippen molar-refractivity contribution in [3.63, 3.8) is 0 Å². The summed E-state index contributed by atoms with van der Waals surface area (Å²) in [6, 6.07) is 43.9. The molecule has 0 atom stereocenters. The molecule has 2 amide bonds. The van der Waals surface area contributed by atoms with Gasteiger partial charge in [-0.25, -0.2) is 0 Å². The van der Waals surface area contributed by atoms with Crippen LogP contribution in [0.2, 0.25) is 0 Å². The Hall–Kier alpha value is -6.41. The highest BCUT2D eigenvalue weighted by molar-refractivity contribution is 6.04. The van der Waals surface area contributed by atoms with Gasteiger partial charge in [0.1, 0.15) is 24.2 Å². The molecular weight excluding hydrogens is 709 g/mol. The number of ether oxygens (including phenoxy) is 2. The number of amides is 2. The predicted molar refractivity (Wildman–Crippen MR) is 228 cm³/mol. The fourth-order valence-electron chi connectivity index (χ4n) is 7.10. The van der Waals surface area contributed by atoms with E-state index in [1.54, 1.807) is 6.20 Å². The van der Waals surface area contributed by atoms with Crippen LogP contribution in [0.4, 0.5) is 11.4 Å². The molecule has 290 valence electrons. The molecule has 6 aromatic rings. The van der Waals surface area contributed by atoms with Crippen molar-refractivity contribution in [3.05, 3.63) is 173 Å². The standard InChI is InChI=1S/C49H50N4O4/c1-35-11-15-42(16-12-35)49(55)53-30-27-46(28-31-53)57-45-23-13-38(14-24-45)34-56-44-25-21-40(22-26-44)39-17-19-41(20-18-39)48(54)51-43-32-47(36(2)50-33-43)52(3)29-7-10-37-8-5-4-6-9-37/h4-6,8-9,11-26,32-33,46H,7,10,27-31,34H2,1-3H3,(H,51,54). The number of hydrogen-bond donors (Lipinski definition) is 1. The fourth-order valence-corrected chi connectivity index (χ4v) is 7.10. The monoisotopic (exact) mass is 758 g/mol. The lowest BCUT2D eigenvalue weighted by Crippen LogP contribution is -2.41. The zero-order valence-electron chi connectivity index (χ0n) is 33.0. The van der Waals surface area contributed by atoms with E-state index in [9.17, 15) is 9.59 Å². The van der Waals surface area contributed by atoms with Gasteiger partial charge in [-0.3, -0.25) is 14.6 Å². The van der Waals surface area contributed by atoms with Crippen molar-refractivity contribution in [2.75, 3.05) is 36.9 Å². The van der Waals surface area contributed by atoms with Crippen LogP contribution < -0.4 is 19.7 Å². The van der Waals surface area contributed by atoms with Crippen LogP contribution in [0.5, 0.6) is 11.5 Å². The largest absolute Gasteiger partial charge is 0.490 e. The van der Waals surface area contributed by atoms with E-state index in [2.05, 4.69) is 46.5 Å². The average molecular weight is 759 g/mol. The van der Waals surface area contributed by atoms with Crippen LogP contribution in [-0.2, 0) is 13.0 Å². The molecule has 1 aromatic heterocycles. The van der Waals surface area contributed by atoms with E-state index in [1.807, 2.05) is 128 Å². The molecule has 1 aliphatic heterocycles. The number of carbonyl (C=O) groups excluding carboxylic acids is 2. The molecule has 1 fully saturated rings. The third-order valence-electron chi connectivity index (χ3n) is 10.5. The van der Waals surface area contributed by atoms with Gasteiger partial charge in [-0.15, -0.1) is 0 Å². The summed E-state index contributed by atoms with van der Waals surface area (Å²) in [7, 11) is 2.07. The number of pyridine rings is 1. The van der Waals surface area contributed by atoms with Crippen LogP contribution in [0.15, 0.2) is 140 Å². The molecule has 57 heavy (non-hydrogen) atoms. The topological polar surface area (TPSA) is 84.0 Å². The summed E-state index contributed by atoms with van der Waals surface area (Å²) in [5.74, 6) is 1.50. The van der Waals surface area contributed by atoms with Crippen molar-refractivity contribution < 1.29 is 19.1 Å². The number of anilines is 2. The van der Waals surface area contributed by atoms with Crippen LogP contribution in [0.3, 0.4) is 0 Å². The molecule has 7 rings (SSSR count). The summed E-state index contributed by atoms with van der Waals surface area (Å²) >= 11 is 0. The minimum atomic E-state index is -0.180. The summed E-state index contributed by atoms with van der Waals surface area (Å²) < 4.78 is 12.3. The zero-order chi connectivity index (χ0) is 39.6. The van der Waals surface area contributed by atoms with Crippen molar-refractivity contribution in [3.8, 4) is 22.6 Å². The van der Waals surface area contributed by atoms with Crippen molar-refractivity contribution in [1.29, 1.82) is 0 Å². The molecule has 0 radical (unpaired) electrons. The maximum absolute atomic E-state index is 13.2. The summed E-state index contributed by atoms with van der Waals surface area (Å²) in [6.45, 7) is 6.71. The number of likely N-dealkylation sites (tertiary alicyclic amines) is 1. The van der Waals surface area contributed by atoms with Crippen LogP contribution in [-0.4, -0.2) is 54.5 Å². The van der Waals surface area contributed by atoms with Gasteiger partial charge in [-0.1, -0.05) is 84.4 Å². The SMILES string of the molecule is Cc1ccc(C(=O)N2CCC(Oc3ccc(COc4ccc(-c5ccc(C(=O)Nc6cnc(C)c(N(C)CCCc7ccccc7)c6)cc5)cc4)cc3)CC2)cc1. The molecule has 5 aromatic carbocycles. The highest BCUT2D eigenvalue weighted by Gasteiger charge is 2.25. The molecule has 1 saturated heterocycles. The minimum Gasteiger partial charge on any atom is -0.490 e. The van der Waals surface area contributed by atoms with Crippen LogP contribution in [0, 0.1) is 13.8 Å². The number of nitrogens with zero attached hydrogens (tertiary/aromatic N) is 3. The van der Waals surface area contributed by atoms with Gasteiger partial charge in [-0.05, 0) is 104 Å². The van der Waals surface area contributed by atoms with Crippen molar-refractivity contribution in [2.24, 2.45) is 0 Å². The van der Waals surface area contributed by atoms with E-state index < -0.39 is 0 Å². The molecular formula is C49H50N4O4. The van der Waals surface area contributed by atoms with E-state index in [-0.39, 0.29) is 17.9 Å². The van der Waals surface area contributed by atoms with Gasteiger partial charge >= 0.3 is 0 Å². The number of rotatable bonds is 14. The summed E-state index contributed by atoms with van der Waals surface area (Å²) in [4.78, 5) is 34.7. The van der Waals surface area contributed by atoms with Gasteiger partial charge in [0.25, 0.3) is 11.8 Å². The molecule has 2 heterocycles. The van der Waals surface area contributed by atoms with Crippen molar-refractivity contribution in [2.45, 2.75) is 52.2 Å². The summed E-state index contributed by atoms with van der Waals surface area (Å²) in [6.07, 6.45) is 5.43. The average Bonchev–Trinajstić information content (AvgIpc) is 3.25. The highest BCUT2D eigenvalue weighted by atomic mass is 16.5.